The first kappa shape index (κ1) is 14.1. The summed E-state index contributed by atoms with van der Waals surface area (Å²) < 4.78 is 43.6. The van der Waals surface area contributed by atoms with Crippen LogP contribution in [0.4, 0.5) is 13.2 Å². The average Bonchev–Trinajstić information content (AvgIpc) is 2.83. The third-order valence-electron chi connectivity index (χ3n) is 2.57. The molecule has 0 fully saturated rings. The average molecular weight is 334 g/mol. The number of halogens is 4. The molecule has 1 aromatic carbocycles. The predicted molar refractivity (Wildman–Crippen MR) is 68.4 cm³/mol. The highest BCUT2D eigenvalue weighted by Gasteiger charge is 2.30. The molecule has 2 aromatic rings. The van der Waals surface area contributed by atoms with Gasteiger partial charge in [0.1, 0.15) is 5.76 Å². The van der Waals surface area contributed by atoms with E-state index in [0.29, 0.717) is 23.1 Å². The van der Waals surface area contributed by atoms with Crippen LogP contribution in [0.3, 0.4) is 0 Å². The van der Waals surface area contributed by atoms with Gasteiger partial charge in [-0.1, -0.05) is 15.9 Å². The second-order valence-corrected chi connectivity index (χ2v) is 4.84. The maximum Gasteiger partial charge on any atom is 0.416 e. The van der Waals surface area contributed by atoms with E-state index in [1.807, 2.05) is 0 Å². The van der Waals surface area contributed by atoms with E-state index in [1.165, 1.54) is 6.07 Å². The number of alkyl halides is 3. The Hall–Kier alpha value is -1.27. The predicted octanol–water partition coefficient (Wildman–Crippen LogP) is 4.35. The molecule has 1 aromatic heterocycles. The van der Waals surface area contributed by atoms with Crippen molar-refractivity contribution in [1.29, 1.82) is 0 Å². The van der Waals surface area contributed by atoms with Crippen LogP contribution in [0, 0.1) is 0 Å². The summed E-state index contributed by atoms with van der Waals surface area (Å²) in [6.07, 6.45) is -2.77. The zero-order valence-electron chi connectivity index (χ0n) is 9.80. The van der Waals surface area contributed by atoms with E-state index in [-0.39, 0.29) is 0 Å². The highest BCUT2D eigenvalue weighted by Crippen LogP contribution is 2.31. The van der Waals surface area contributed by atoms with Gasteiger partial charge in [0.2, 0.25) is 0 Å². The number of benzene rings is 1. The van der Waals surface area contributed by atoms with E-state index in [0.717, 1.165) is 17.9 Å². The molecule has 0 radical (unpaired) electrons. The largest absolute Gasteiger partial charge is 0.468 e. The van der Waals surface area contributed by atoms with Gasteiger partial charge in [0.25, 0.3) is 0 Å². The number of hydrogen-bond acceptors (Lipinski definition) is 2. The van der Waals surface area contributed by atoms with Crippen LogP contribution in [0.5, 0.6) is 0 Å². The van der Waals surface area contributed by atoms with E-state index < -0.39 is 11.7 Å². The van der Waals surface area contributed by atoms with Crippen LogP contribution < -0.4 is 5.32 Å². The Kier molecular flexibility index (Phi) is 4.31. The van der Waals surface area contributed by atoms with Crippen molar-refractivity contribution in [2.75, 3.05) is 0 Å². The number of furan rings is 1. The minimum atomic E-state index is -4.32. The Morgan fingerprint density at radius 2 is 1.95 bits per heavy atom. The minimum Gasteiger partial charge on any atom is -0.468 e. The van der Waals surface area contributed by atoms with E-state index in [4.69, 9.17) is 4.42 Å². The molecule has 0 saturated heterocycles. The van der Waals surface area contributed by atoms with Gasteiger partial charge in [0, 0.05) is 11.0 Å². The lowest BCUT2D eigenvalue weighted by Gasteiger charge is -2.11. The van der Waals surface area contributed by atoms with Gasteiger partial charge in [-0.05, 0) is 35.9 Å². The lowest BCUT2D eigenvalue weighted by atomic mass is 10.1. The van der Waals surface area contributed by atoms with Crippen LogP contribution in [0.25, 0.3) is 0 Å². The third-order valence-corrected chi connectivity index (χ3v) is 3.34. The molecule has 0 atom stereocenters. The lowest BCUT2D eigenvalue weighted by molar-refractivity contribution is -0.137. The molecule has 0 aliphatic heterocycles. The van der Waals surface area contributed by atoms with Crippen molar-refractivity contribution in [2.24, 2.45) is 0 Å². The second kappa shape index (κ2) is 5.79. The van der Waals surface area contributed by atoms with Crippen molar-refractivity contribution in [2.45, 2.75) is 19.3 Å². The minimum absolute atomic E-state index is 0.325. The summed E-state index contributed by atoms with van der Waals surface area (Å²) in [5.41, 5.74) is -0.0909. The molecule has 0 amide bonds. The van der Waals surface area contributed by atoms with E-state index in [1.54, 1.807) is 18.4 Å². The maximum atomic E-state index is 12.6. The van der Waals surface area contributed by atoms with E-state index >= 15 is 0 Å². The first-order valence-corrected chi connectivity index (χ1v) is 6.35. The summed E-state index contributed by atoms with van der Waals surface area (Å²) in [7, 11) is 0. The van der Waals surface area contributed by atoms with Crippen molar-refractivity contribution in [3.63, 3.8) is 0 Å². The molecule has 1 N–H and O–H groups in total. The summed E-state index contributed by atoms with van der Waals surface area (Å²) >= 11 is 3.25. The second-order valence-electron chi connectivity index (χ2n) is 3.99. The summed E-state index contributed by atoms with van der Waals surface area (Å²) in [4.78, 5) is 0. The molecule has 102 valence electrons. The first-order chi connectivity index (χ1) is 8.97. The van der Waals surface area contributed by atoms with Crippen molar-refractivity contribution in [3.05, 3.63) is 58.0 Å². The molecule has 2 rings (SSSR count). The molecule has 2 nitrogen and oxygen atoms in total. The van der Waals surface area contributed by atoms with Gasteiger partial charge in [-0.3, -0.25) is 0 Å². The van der Waals surface area contributed by atoms with Gasteiger partial charge in [0.05, 0.1) is 18.4 Å². The maximum absolute atomic E-state index is 12.6. The van der Waals surface area contributed by atoms with Crippen molar-refractivity contribution in [1.82, 2.24) is 5.32 Å². The fourth-order valence-electron chi connectivity index (χ4n) is 1.62. The van der Waals surface area contributed by atoms with Crippen molar-refractivity contribution >= 4 is 15.9 Å². The highest BCUT2D eigenvalue weighted by atomic mass is 79.9. The Balaban J connectivity index is 2.03. The molecule has 0 aliphatic rings. The number of hydrogen-bond donors (Lipinski definition) is 1. The topological polar surface area (TPSA) is 25.2 Å². The monoisotopic (exact) mass is 333 g/mol. The number of rotatable bonds is 4. The Labute approximate surface area is 116 Å². The molecule has 0 spiro atoms. The van der Waals surface area contributed by atoms with E-state index in [9.17, 15) is 13.2 Å². The molecule has 1 heterocycles. The van der Waals surface area contributed by atoms with Crippen LogP contribution >= 0.6 is 15.9 Å². The fourth-order valence-corrected chi connectivity index (χ4v) is 2.01. The van der Waals surface area contributed by atoms with Crippen LogP contribution in [0.1, 0.15) is 16.9 Å². The van der Waals surface area contributed by atoms with Crippen LogP contribution in [0.2, 0.25) is 0 Å². The molecular weight excluding hydrogens is 323 g/mol. The Morgan fingerprint density at radius 1 is 1.16 bits per heavy atom. The normalized spacial score (nSPS) is 11.8. The fraction of sp³-hybridized carbons (Fsp3) is 0.231. The van der Waals surface area contributed by atoms with Gasteiger partial charge in [0.15, 0.2) is 0 Å². The smallest absolute Gasteiger partial charge is 0.416 e. The first-order valence-electron chi connectivity index (χ1n) is 5.55. The summed E-state index contributed by atoms with van der Waals surface area (Å²) in [5, 5.41) is 3.03. The SMILES string of the molecule is FC(F)(F)c1ccc(Br)c(CNCc2ccco2)c1. The molecule has 0 unspecified atom stereocenters. The Morgan fingerprint density at radius 3 is 2.58 bits per heavy atom. The van der Waals surface area contributed by atoms with Crippen molar-refractivity contribution < 1.29 is 17.6 Å². The van der Waals surface area contributed by atoms with E-state index in [2.05, 4.69) is 21.2 Å². The third kappa shape index (κ3) is 3.84. The summed E-state index contributed by atoms with van der Waals surface area (Å²) in [6, 6.07) is 7.16. The Bertz CT molecular complexity index is 537. The van der Waals surface area contributed by atoms with Gasteiger partial charge >= 0.3 is 6.18 Å². The molecule has 0 aliphatic carbocycles. The van der Waals surface area contributed by atoms with Crippen LogP contribution in [-0.4, -0.2) is 0 Å². The quantitative estimate of drug-likeness (QED) is 0.899. The summed E-state index contributed by atoms with van der Waals surface area (Å²) in [5.74, 6) is 0.739. The zero-order chi connectivity index (χ0) is 13.9. The van der Waals surface area contributed by atoms with Crippen molar-refractivity contribution in [3.8, 4) is 0 Å². The molecule has 6 heteroatoms. The molecule has 0 saturated carbocycles. The molecule has 0 bridgehead atoms. The molecule has 19 heavy (non-hydrogen) atoms. The number of nitrogens with one attached hydrogen (secondary N) is 1. The van der Waals surface area contributed by atoms with Gasteiger partial charge in [-0.2, -0.15) is 13.2 Å². The highest BCUT2D eigenvalue weighted by molar-refractivity contribution is 9.10. The lowest BCUT2D eigenvalue weighted by Crippen LogP contribution is -2.14. The summed E-state index contributed by atoms with van der Waals surface area (Å²) in [6.45, 7) is 0.793. The van der Waals surface area contributed by atoms with Gasteiger partial charge < -0.3 is 9.73 Å². The van der Waals surface area contributed by atoms with Crippen LogP contribution in [-0.2, 0) is 19.3 Å². The van der Waals surface area contributed by atoms with Gasteiger partial charge in [-0.15, -0.1) is 0 Å². The zero-order valence-corrected chi connectivity index (χ0v) is 11.4. The molecular formula is C13H11BrF3NO. The standard InChI is InChI=1S/C13H11BrF3NO/c14-12-4-3-10(13(15,16)17)6-9(12)7-18-8-11-2-1-5-19-11/h1-6,18H,7-8H2. The van der Waals surface area contributed by atoms with Crippen LogP contribution in [0.15, 0.2) is 45.5 Å². The van der Waals surface area contributed by atoms with Gasteiger partial charge in [-0.25, -0.2) is 0 Å².